The van der Waals surface area contributed by atoms with Gasteiger partial charge in [0.05, 0.1) is 6.10 Å². The number of piperidine rings is 1. The molecule has 1 N–H and O–H groups in total. The minimum atomic E-state index is -0.287. The summed E-state index contributed by atoms with van der Waals surface area (Å²) in [5, 5.41) is 10.6. The van der Waals surface area contributed by atoms with Gasteiger partial charge in [0.2, 0.25) is 0 Å². The molecular formula is C23H29NO. The summed E-state index contributed by atoms with van der Waals surface area (Å²) in [4.78, 5) is 2.63. The van der Waals surface area contributed by atoms with Gasteiger partial charge in [-0.25, -0.2) is 0 Å². The van der Waals surface area contributed by atoms with Gasteiger partial charge in [-0.15, -0.1) is 0 Å². The lowest BCUT2D eigenvalue weighted by Gasteiger charge is -2.34. The molecule has 1 heterocycles. The van der Waals surface area contributed by atoms with Gasteiger partial charge >= 0.3 is 0 Å². The van der Waals surface area contributed by atoms with Crippen molar-refractivity contribution < 1.29 is 5.11 Å². The number of aliphatic hydroxyl groups excluding tert-OH is 1. The number of aryl methyl sites for hydroxylation is 1. The number of benzene rings is 2. The molecule has 2 aliphatic rings. The van der Waals surface area contributed by atoms with Gasteiger partial charge in [-0.3, -0.25) is 0 Å². The Labute approximate surface area is 151 Å². The van der Waals surface area contributed by atoms with E-state index in [0.29, 0.717) is 5.92 Å². The molecule has 1 aliphatic heterocycles. The summed E-state index contributed by atoms with van der Waals surface area (Å²) in [6.07, 6.45) is 5.46. The molecule has 1 saturated heterocycles. The van der Waals surface area contributed by atoms with Crippen molar-refractivity contribution in [3.63, 3.8) is 0 Å². The molecule has 0 radical (unpaired) electrons. The Morgan fingerprint density at radius 1 is 0.880 bits per heavy atom. The van der Waals surface area contributed by atoms with Crippen molar-refractivity contribution >= 4 is 0 Å². The highest BCUT2D eigenvalue weighted by molar-refractivity contribution is 5.30. The third-order valence-electron chi connectivity index (χ3n) is 6.17. The van der Waals surface area contributed by atoms with Crippen LogP contribution in [0.4, 0.5) is 0 Å². The molecule has 0 spiro atoms. The second-order valence-electron chi connectivity index (χ2n) is 7.84. The molecule has 0 amide bonds. The predicted octanol–water partition coefficient (Wildman–Crippen LogP) is 4.55. The summed E-state index contributed by atoms with van der Waals surface area (Å²) < 4.78 is 0. The maximum absolute atomic E-state index is 10.6. The largest absolute Gasteiger partial charge is 0.388 e. The molecule has 2 aromatic rings. The summed E-state index contributed by atoms with van der Waals surface area (Å²) in [7, 11) is 0. The van der Waals surface area contributed by atoms with E-state index in [4.69, 9.17) is 0 Å². The smallest absolute Gasteiger partial charge is 0.0795 e. The van der Waals surface area contributed by atoms with E-state index < -0.39 is 0 Å². The molecule has 0 bridgehead atoms. The van der Waals surface area contributed by atoms with Gasteiger partial charge in [-0.1, -0.05) is 54.6 Å². The van der Waals surface area contributed by atoms with E-state index in [0.717, 1.165) is 30.9 Å². The summed E-state index contributed by atoms with van der Waals surface area (Å²) in [5.74, 6) is 1.33. The van der Waals surface area contributed by atoms with Crippen LogP contribution >= 0.6 is 0 Å². The summed E-state index contributed by atoms with van der Waals surface area (Å²) in [6, 6.07) is 19.4. The molecule has 2 aromatic carbocycles. The average Bonchev–Trinajstić information content (AvgIpc) is 2.82. The molecule has 0 aromatic heterocycles. The highest BCUT2D eigenvalue weighted by atomic mass is 16.3. The van der Waals surface area contributed by atoms with Gasteiger partial charge in [-0.2, -0.15) is 0 Å². The predicted molar refractivity (Wildman–Crippen MR) is 103 cm³/mol. The minimum Gasteiger partial charge on any atom is -0.388 e. The number of likely N-dealkylation sites (tertiary alicyclic amines) is 1. The number of rotatable bonds is 3. The van der Waals surface area contributed by atoms with Crippen LogP contribution in [0, 0.1) is 5.92 Å². The first-order valence-electron chi connectivity index (χ1n) is 9.83. The van der Waals surface area contributed by atoms with Crippen molar-refractivity contribution in [1.82, 2.24) is 4.90 Å². The van der Waals surface area contributed by atoms with E-state index in [2.05, 4.69) is 59.5 Å². The van der Waals surface area contributed by atoms with Gasteiger partial charge < -0.3 is 10.0 Å². The zero-order chi connectivity index (χ0) is 17.1. The standard InChI is InChI=1S/C23H29NO/c25-23-16-18(10-11-21-8-4-5-9-22(21)23)17-24-14-12-20(13-15-24)19-6-2-1-3-7-19/h1-9,18,20,23,25H,10-17H2/t18-,23-/m0/s1. The minimum absolute atomic E-state index is 0.287. The first-order chi connectivity index (χ1) is 12.3. The van der Waals surface area contributed by atoms with E-state index >= 15 is 0 Å². The molecule has 2 nitrogen and oxygen atoms in total. The van der Waals surface area contributed by atoms with Gasteiger partial charge in [0, 0.05) is 6.54 Å². The van der Waals surface area contributed by atoms with Crippen LogP contribution in [0.25, 0.3) is 0 Å². The first-order valence-corrected chi connectivity index (χ1v) is 9.83. The lowest BCUT2D eigenvalue weighted by molar-refractivity contribution is 0.117. The molecule has 1 fully saturated rings. The van der Waals surface area contributed by atoms with E-state index in [-0.39, 0.29) is 6.10 Å². The Balaban J connectivity index is 1.32. The Kier molecular flexibility index (Phi) is 5.19. The Morgan fingerprint density at radius 3 is 2.40 bits per heavy atom. The fourth-order valence-corrected chi connectivity index (χ4v) is 4.71. The third-order valence-corrected chi connectivity index (χ3v) is 6.17. The van der Waals surface area contributed by atoms with Crippen LogP contribution in [-0.2, 0) is 6.42 Å². The summed E-state index contributed by atoms with van der Waals surface area (Å²) in [6.45, 7) is 3.53. The quantitative estimate of drug-likeness (QED) is 0.832. The Morgan fingerprint density at radius 2 is 1.60 bits per heavy atom. The molecule has 25 heavy (non-hydrogen) atoms. The highest BCUT2D eigenvalue weighted by Gasteiger charge is 2.26. The topological polar surface area (TPSA) is 23.5 Å². The van der Waals surface area contributed by atoms with Crippen LogP contribution < -0.4 is 0 Å². The second kappa shape index (κ2) is 7.72. The van der Waals surface area contributed by atoms with Crippen molar-refractivity contribution in [2.24, 2.45) is 5.92 Å². The van der Waals surface area contributed by atoms with Crippen LogP contribution in [0.15, 0.2) is 54.6 Å². The van der Waals surface area contributed by atoms with Gasteiger partial charge in [0.1, 0.15) is 0 Å². The van der Waals surface area contributed by atoms with E-state index in [1.54, 1.807) is 0 Å². The van der Waals surface area contributed by atoms with E-state index in [1.165, 1.54) is 43.5 Å². The molecule has 2 heteroatoms. The summed E-state index contributed by atoms with van der Waals surface area (Å²) >= 11 is 0. The van der Waals surface area contributed by atoms with E-state index in [9.17, 15) is 5.11 Å². The van der Waals surface area contributed by atoms with Crippen molar-refractivity contribution in [3.8, 4) is 0 Å². The van der Waals surface area contributed by atoms with Gasteiger partial charge in [0.25, 0.3) is 0 Å². The number of fused-ring (bicyclic) bond motifs is 1. The molecule has 2 atom stereocenters. The highest BCUT2D eigenvalue weighted by Crippen LogP contribution is 2.34. The lowest BCUT2D eigenvalue weighted by Crippen LogP contribution is -2.36. The number of aliphatic hydroxyl groups is 1. The van der Waals surface area contributed by atoms with Crippen LogP contribution in [0.2, 0.25) is 0 Å². The van der Waals surface area contributed by atoms with Crippen molar-refractivity contribution in [1.29, 1.82) is 0 Å². The van der Waals surface area contributed by atoms with Gasteiger partial charge in [-0.05, 0) is 73.7 Å². The molecule has 0 saturated carbocycles. The van der Waals surface area contributed by atoms with Crippen LogP contribution in [-0.4, -0.2) is 29.6 Å². The van der Waals surface area contributed by atoms with Crippen molar-refractivity contribution in [3.05, 3.63) is 71.3 Å². The molecule has 4 rings (SSSR count). The zero-order valence-electron chi connectivity index (χ0n) is 15.0. The normalized spacial score (nSPS) is 25.3. The van der Waals surface area contributed by atoms with Crippen LogP contribution in [0.5, 0.6) is 0 Å². The van der Waals surface area contributed by atoms with Crippen LogP contribution in [0.3, 0.4) is 0 Å². The fourth-order valence-electron chi connectivity index (χ4n) is 4.71. The maximum Gasteiger partial charge on any atom is 0.0795 e. The average molecular weight is 335 g/mol. The SMILES string of the molecule is O[C@H]1C[C@@H](CN2CCC(c3ccccc3)CC2)CCc2ccccc21. The monoisotopic (exact) mass is 335 g/mol. The number of hydrogen-bond donors (Lipinski definition) is 1. The molecule has 1 aliphatic carbocycles. The number of hydrogen-bond acceptors (Lipinski definition) is 2. The van der Waals surface area contributed by atoms with Crippen LogP contribution in [0.1, 0.15) is 54.4 Å². The first kappa shape index (κ1) is 16.8. The van der Waals surface area contributed by atoms with Crippen molar-refractivity contribution in [2.75, 3.05) is 19.6 Å². The molecule has 132 valence electrons. The summed E-state index contributed by atoms with van der Waals surface area (Å²) in [5.41, 5.74) is 4.01. The second-order valence-corrected chi connectivity index (χ2v) is 7.84. The zero-order valence-corrected chi connectivity index (χ0v) is 15.0. The Bertz CT molecular complexity index is 676. The van der Waals surface area contributed by atoms with E-state index in [1.807, 2.05) is 0 Å². The van der Waals surface area contributed by atoms with Gasteiger partial charge in [0.15, 0.2) is 0 Å². The molecule has 0 unspecified atom stereocenters. The Hall–Kier alpha value is -1.64. The fraction of sp³-hybridized carbons (Fsp3) is 0.478. The maximum atomic E-state index is 10.6. The molecular weight excluding hydrogens is 306 g/mol. The van der Waals surface area contributed by atoms with Crippen molar-refractivity contribution in [2.45, 2.75) is 44.1 Å². The number of nitrogens with zero attached hydrogens (tertiary/aromatic N) is 1. The lowest BCUT2D eigenvalue weighted by atomic mass is 9.88. The third kappa shape index (κ3) is 3.96.